The lowest BCUT2D eigenvalue weighted by atomic mass is 9.49. The van der Waals surface area contributed by atoms with Crippen molar-refractivity contribution in [2.75, 3.05) is 27.3 Å². The first-order valence-electron chi connectivity index (χ1n) is 11.8. The molecule has 5 aliphatic rings. The SMILES string of the molecule is COc1cccc(OC)c1C(=O)N1CCC(NC(=O)C23CC4CC(CC(C4)C2)C3)CC1. The van der Waals surface area contributed by atoms with Crippen LogP contribution in [-0.2, 0) is 4.79 Å². The Morgan fingerprint density at radius 1 is 0.935 bits per heavy atom. The molecule has 5 fully saturated rings. The smallest absolute Gasteiger partial charge is 0.261 e. The Morgan fingerprint density at radius 3 is 1.94 bits per heavy atom. The summed E-state index contributed by atoms with van der Waals surface area (Å²) in [6.07, 6.45) is 8.90. The summed E-state index contributed by atoms with van der Waals surface area (Å²) in [6.45, 7) is 1.26. The van der Waals surface area contributed by atoms with Crippen LogP contribution in [-0.4, -0.2) is 50.1 Å². The number of methoxy groups -OCH3 is 2. The molecule has 0 aromatic heterocycles. The second kappa shape index (κ2) is 8.03. The van der Waals surface area contributed by atoms with E-state index >= 15 is 0 Å². The van der Waals surface area contributed by atoms with Gasteiger partial charge in [-0.1, -0.05) is 6.07 Å². The molecule has 0 unspecified atom stereocenters. The maximum absolute atomic E-state index is 13.3. The minimum Gasteiger partial charge on any atom is -0.496 e. The molecule has 4 bridgehead atoms. The number of amides is 2. The van der Waals surface area contributed by atoms with Crippen molar-refractivity contribution in [1.82, 2.24) is 10.2 Å². The van der Waals surface area contributed by atoms with E-state index in [1.807, 2.05) is 11.0 Å². The number of nitrogens with zero attached hydrogens (tertiary/aromatic N) is 1. The lowest BCUT2D eigenvalue weighted by Gasteiger charge is -2.56. The molecule has 31 heavy (non-hydrogen) atoms. The number of hydrogen-bond acceptors (Lipinski definition) is 4. The molecule has 6 nitrogen and oxygen atoms in total. The molecule has 6 rings (SSSR count). The van der Waals surface area contributed by atoms with Crippen LogP contribution < -0.4 is 14.8 Å². The highest BCUT2D eigenvalue weighted by atomic mass is 16.5. The maximum Gasteiger partial charge on any atom is 0.261 e. The molecule has 6 heteroatoms. The quantitative estimate of drug-likeness (QED) is 0.781. The molecule has 0 atom stereocenters. The second-order valence-corrected chi connectivity index (χ2v) is 10.3. The van der Waals surface area contributed by atoms with Gasteiger partial charge in [0.05, 0.1) is 14.2 Å². The number of benzene rings is 1. The van der Waals surface area contributed by atoms with Crippen molar-refractivity contribution in [2.24, 2.45) is 23.2 Å². The van der Waals surface area contributed by atoms with Gasteiger partial charge < -0.3 is 19.7 Å². The van der Waals surface area contributed by atoms with Crippen molar-refractivity contribution in [3.63, 3.8) is 0 Å². The number of ether oxygens (including phenoxy) is 2. The van der Waals surface area contributed by atoms with E-state index in [2.05, 4.69) is 5.32 Å². The molecule has 1 aromatic carbocycles. The van der Waals surface area contributed by atoms with E-state index in [0.717, 1.165) is 49.9 Å². The summed E-state index contributed by atoms with van der Waals surface area (Å²) >= 11 is 0. The summed E-state index contributed by atoms with van der Waals surface area (Å²) < 4.78 is 10.8. The number of likely N-dealkylation sites (tertiary alicyclic amines) is 1. The molecule has 1 heterocycles. The van der Waals surface area contributed by atoms with Gasteiger partial charge in [0.1, 0.15) is 17.1 Å². The lowest BCUT2D eigenvalue weighted by Crippen LogP contribution is -2.56. The standard InChI is InChI=1S/C25H34N2O4/c1-30-20-4-3-5-21(31-2)22(20)23(28)27-8-6-19(7-9-27)26-24(29)25-13-16-10-17(14-25)12-18(11-16)15-25/h3-5,16-19H,6-15H2,1-2H3,(H,26,29). The Hall–Kier alpha value is -2.24. The van der Waals surface area contributed by atoms with Gasteiger partial charge in [0.25, 0.3) is 5.91 Å². The zero-order valence-electron chi connectivity index (χ0n) is 18.7. The molecule has 1 aromatic rings. The van der Waals surface area contributed by atoms with Crippen LogP contribution in [0.2, 0.25) is 0 Å². The molecule has 0 radical (unpaired) electrons. The van der Waals surface area contributed by atoms with Crippen LogP contribution in [0.1, 0.15) is 61.7 Å². The van der Waals surface area contributed by atoms with Gasteiger partial charge in [0, 0.05) is 24.5 Å². The van der Waals surface area contributed by atoms with Crippen LogP contribution in [0.25, 0.3) is 0 Å². The first-order valence-corrected chi connectivity index (χ1v) is 11.8. The van der Waals surface area contributed by atoms with Gasteiger partial charge in [-0.3, -0.25) is 9.59 Å². The molecule has 2 amide bonds. The van der Waals surface area contributed by atoms with Crippen LogP contribution in [0.4, 0.5) is 0 Å². The van der Waals surface area contributed by atoms with Crippen molar-refractivity contribution in [2.45, 2.75) is 57.4 Å². The normalized spacial score (nSPS) is 32.1. The first kappa shape index (κ1) is 20.7. The summed E-state index contributed by atoms with van der Waals surface area (Å²) in [5.41, 5.74) is 0.371. The molecule has 1 saturated heterocycles. The summed E-state index contributed by atoms with van der Waals surface area (Å²) in [5, 5.41) is 3.39. The van der Waals surface area contributed by atoms with E-state index in [4.69, 9.17) is 9.47 Å². The van der Waals surface area contributed by atoms with Crippen LogP contribution in [0.5, 0.6) is 11.5 Å². The van der Waals surface area contributed by atoms with Gasteiger partial charge in [0.15, 0.2) is 0 Å². The largest absolute Gasteiger partial charge is 0.496 e. The Morgan fingerprint density at radius 2 is 1.45 bits per heavy atom. The van der Waals surface area contributed by atoms with Crippen molar-refractivity contribution in [3.05, 3.63) is 23.8 Å². The topological polar surface area (TPSA) is 67.9 Å². The highest BCUT2D eigenvalue weighted by Crippen LogP contribution is 2.60. The zero-order valence-corrected chi connectivity index (χ0v) is 18.7. The van der Waals surface area contributed by atoms with Gasteiger partial charge in [-0.2, -0.15) is 0 Å². The third-order valence-electron chi connectivity index (χ3n) is 8.28. The Labute approximate surface area is 184 Å². The third kappa shape index (κ3) is 3.68. The molecule has 4 saturated carbocycles. The number of rotatable bonds is 5. The van der Waals surface area contributed by atoms with Gasteiger partial charge in [-0.25, -0.2) is 0 Å². The number of hydrogen-bond donors (Lipinski definition) is 1. The van der Waals surface area contributed by atoms with E-state index in [9.17, 15) is 9.59 Å². The predicted molar refractivity (Wildman–Crippen MR) is 117 cm³/mol. The fourth-order valence-corrected chi connectivity index (χ4v) is 7.17. The maximum atomic E-state index is 13.3. The second-order valence-electron chi connectivity index (χ2n) is 10.3. The van der Waals surface area contributed by atoms with Gasteiger partial charge in [-0.05, 0) is 81.3 Å². The number of nitrogens with one attached hydrogen (secondary N) is 1. The summed E-state index contributed by atoms with van der Waals surface area (Å²) in [4.78, 5) is 28.4. The molecule has 168 valence electrons. The fraction of sp³-hybridized carbons (Fsp3) is 0.680. The van der Waals surface area contributed by atoms with Crippen molar-refractivity contribution >= 4 is 11.8 Å². The van der Waals surface area contributed by atoms with Crippen molar-refractivity contribution in [3.8, 4) is 11.5 Å². The van der Waals surface area contributed by atoms with Crippen LogP contribution >= 0.6 is 0 Å². The molecule has 1 N–H and O–H groups in total. The number of piperidine rings is 1. The summed E-state index contributed by atoms with van der Waals surface area (Å²) in [7, 11) is 3.13. The van der Waals surface area contributed by atoms with E-state index in [1.165, 1.54) is 19.3 Å². The van der Waals surface area contributed by atoms with Gasteiger partial charge >= 0.3 is 0 Å². The average Bonchev–Trinajstić information content (AvgIpc) is 2.77. The van der Waals surface area contributed by atoms with Crippen molar-refractivity contribution in [1.29, 1.82) is 0 Å². The minimum absolute atomic E-state index is 0.0693. The minimum atomic E-state index is -0.105. The fourth-order valence-electron chi connectivity index (χ4n) is 7.17. The first-order chi connectivity index (χ1) is 15.0. The average molecular weight is 427 g/mol. The molecule has 1 aliphatic heterocycles. The zero-order chi connectivity index (χ0) is 21.6. The van der Waals surface area contributed by atoms with Gasteiger partial charge in [0.2, 0.25) is 5.91 Å². The van der Waals surface area contributed by atoms with Gasteiger partial charge in [-0.15, -0.1) is 0 Å². The van der Waals surface area contributed by atoms with Crippen LogP contribution in [0.3, 0.4) is 0 Å². The summed E-state index contributed by atoms with van der Waals surface area (Å²) in [6, 6.07) is 5.55. The van der Waals surface area contributed by atoms with E-state index < -0.39 is 0 Å². The van der Waals surface area contributed by atoms with Crippen LogP contribution in [0, 0.1) is 23.2 Å². The highest BCUT2D eigenvalue weighted by Gasteiger charge is 2.54. The molecule has 4 aliphatic carbocycles. The number of carbonyl (C=O) groups excluding carboxylic acids is 2. The predicted octanol–water partition coefficient (Wildman–Crippen LogP) is 3.64. The Bertz CT molecular complexity index is 802. The lowest BCUT2D eigenvalue weighted by molar-refractivity contribution is -0.147. The molecular formula is C25H34N2O4. The van der Waals surface area contributed by atoms with E-state index in [0.29, 0.717) is 36.1 Å². The summed E-state index contributed by atoms with van der Waals surface area (Å²) in [5.74, 6) is 3.60. The highest BCUT2D eigenvalue weighted by molar-refractivity contribution is 5.99. The number of carbonyl (C=O) groups is 2. The van der Waals surface area contributed by atoms with E-state index in [-0.39, 0.29) is 17.4 Å². The Balaban J connectivity index is 1.21. The molecule has 0 spiro atoms. The monoisotopic (exact) mass is 426 g/mol. The third-order valence-corrected chi connectivity index (χ3v) is 8.28. The van der Waals surface area contributed by atoms with Crippen LogP contribution in [0.15, 0.2) is 18.2 Å². The molecular weight excluding hydrogens is 392 g/mol. The van der Waals surface area contributed by atoms with E-state index in [1.54, 1.807) is 26.4 Å². The van der Waals surface area contributed by atoms with Crippen molar-refractivity contribution < 1.29 is 19.1 Å². The Kier molecular flexibility index (Phi) is 5.35.